The molecular formula is C24H19F3N2OS2. The normalized spacial score (nSPS) is 11.1. The molecule has 0 N–H and O–H groups in total. The quantitative estimate of drug-likeness (QED) is 0.208. The van der Waals surface area contributed by atoms with Gasteiger partial charge in [0.25, 0.3) is 0 Å². The zero-order valence-electron chi connectivity index (χ0n) is 16.9. The first-order chi connectivity index (χ1) is 15.5. The number of nitrogens with zero attached hydrogens (tertiary/aromatic N) is 2. The van der Waals surface area contributed by atoms with Crippen molar-refractivity contribution in [1.82, 2.24) is 4.98 Å². The smallest absolute Gasteiger partial charge is 0.229 e. The fraction of sp³-hybridized carbons (Fsp3) is 0.167. The van der Waals surface area contributed by atoms with Gasteiger partial charge in [-0.2, -0.15) is 0 Å². The topological polar surface area (TPSA) is 33.2 Å². The van der Waals surface area contributed by atoms with Gasteiger partial charge in [0.1, 0.15) is 17.2 Å². The molecule has 32 heavy (non-hydrogen) atoms. The highest BCUT2D eigenvalue weighted by Gasteiger charge is 2.21. The zero-order valence-corrected chi connectivity index (χ0v) is 18.6. The number of fused-ring (bicyclic) bond motifs is 1. The fourth-order valence-electron chi connectivity index (χ4n) is 3.17. The molecule has 0 saturated heterocycles. The number of benzene rings is 3. The molecule has 0 fully saturated rings. The molecule has 4 aromatic rings. The minimum atomic E-state index is -0.745. The average Bonchev–Trinajstić information content (AvgIpc) is 3.21. The molecule has 0 aliphatic rings. The van der Waals surface area contributed by atoms with Crippen LogP contribution in [-0.2, 0) is 11.3 Å². The van der Waals surface area contributed by atoms with E-state index in [0.717, 1.165) is 27.9 Å². The van der Waals surface area contributed by atoms with E-state index < -0.39 is 11.6 Å². The number of carbonyl (C=O) groups is 1. The molecule has 0 aliphatic heterocycles. The predicted molar refractivity (Wildman–Crippen MR) is 124 cm³/mol. The predicted octanol–water partition coefficient (Wildman–Crippen LogP) is 6.82. The molecule has 3 aromatic carbocycles. The summed E-state index contributed by atoms with van der Waals surface area (Å²) in [5, 5.41) is 0.338. The molecule has 4 rings (SSSR count). The Bertz CT molecular complexity index is 1210. The summed E-state index contributed by atoms with van der Waals surface area (Å²) < 4.78 is 41.2. The maximum Gasteiger partial charge on any atom is 0.229 e. The van der Waals surface area contributed by atoms with Crippen molar-refractivity contribution in [2.75, 3.05) is 10.7 Å². The molecule has 164 valence electrons. The van der Waals surface area contributed by atoms with Crippen molar-refractivity contribution in [3.63, 3.8) is 0 Å². The highest BCUT2D eigenvalue weighted by atomic mass is 32.2. The Kier molecular flexibility index (Phi) is 7.12. The molecule has 0 unspecified atom stereocenters. The summed E-state index contributed by atoms with van der Waals surface area (Å²) in [5.41, 5.74) is 0.969. The van der Waals surface area contributed by atoms with Gasteiger partial charge < -0.3 is 0 Å². The second kappa shape index (κ2) is 10.2. The Morgan fingerprint density at radius 3 is 2.47 bits per heavy atom. The minimum Gasteiger partial charge on any atom is -0.284 e. The molecule has 1 amide bonds. The highest BCUT2D eigenvalue weighted by molar-refractivity contribution is 7.99. The summed E-state index contributed by atoms with van der Waals surface area (Å²) in [6, 6.07) is 17.7. The summed E-state index contributed by atoms with van der Waals surface area (Å²) in [6.07, 6.45) is 0.883. The van der Waals surface area contributed by atoms with Gasteiger partial charge in [-0.05, 0) is 48.1 Å². The first-order valence-electron chi connectivity index (χ1n) is 9.98. The monoisotopic (exact) mass is 472 g/mol. The van der Waals surface area contributed by atoms with Crippen molar-refractivity contribution >= 4 is 44.4 Å². The number of aromatic nitrogens is 1. The Labute approximate surface area is 191 Å². The Morgan fingerprint density at radius 1 is 0.969 bits per heavy atom. The fourth-order valence-corrected chi connectivity index (χ4v) is 5.04. The second-order valence-electron chi connectivity index (χ2n) is 7.10. The molecule has 0 radical (unpaired) electrons. The molecule has 0 bridgehead atoms. The SMILES string of the molecule is O=C(CCCSc1ccc(F)cc1)N(Cc1ccccc1)c1nc2c(F)cc(F)cc2s1. The number of thioether (sulfide) groups is 1. The second-order valence-corrected chi connectivity index (χ2v) is 9.28. The van der Waals surface area contributed by atoms with Gasteiger partial charge in [-0.25, -0.2) is 18.2 Å². The molecule has 0 saturated carbocycles. The van der Waals surface area contributed by atoms with E-state index in [2.05, 4.69) is 4.98 Å². The molecule has 3 nitrogen and oxygen atoms in total. The first kappa shape index (κ1) is 22.4. The van der Waals surface area contributed by atoms with Gasteiger partial charge >= 0.3 is 0 Å². The van der Waals surface area contributed by atoms with E-state index in [9.17, 15) is 18.0 Å². The number of hydrogen-bond acceptors (Lipinski definition) is 4. The number of halogens is 3. The summed E-state index contributed by atoms with van der Waals surface area (Å²) in [7, 11) is 0. The van der Waals surface area contributed by atoms with Crippen LogP contribution >= 0.6 is 23.1 Å². The van der Waals surface area contributed by atoms with Crippen LogP contribution < -0.4 is 4.90 Å². The van der Waals surface area contributed by atoms with Crippen LogP contribution in [0.25, 0.3) is 10.2 Å². The lowest BCUT2D eigenvalue weighted by atomic mass is 10.2. The number of amides is 1. The van der Waals surface area contributed by atoms with Crippen LogP contribution in [0.15, 0.2) is 71.6 Å². The number of thiazole rings is 1. The molecule has 1 aromatic heterocycles. The first-order valence-corrected chi connectivity index (χ1v) is 11.8. The Hall–Kier alpha value is -2.84. The number of carbonyl (C=O) groups excluding carboxylic acids is 1. The highest BCUT2D eigenvalue weighted by Crippen LogP contribution is 2.32. The Balaban J connectivity index is 1.49. The molecule has 0 atom stereocenters. The van der Waals surface area contributed by atoms with Crippen molar-refractivity contribution in [3.8, 4) is 0 Å². The van der Waals surface area contributed by atoms with Crippen LogP contribution in [-0.4, -0.2) is 16.6 Å². The van der Waals surface area contributed by atoms with Crippen LogP contribution in [0.4, 0.5) is 18.3 Å². The van der Waals surface area contributed by atoms with E-state index in [0.29, 0.717) is 22.0 Å². The Morgan fingerprint density at radius 2 is 1.72 bits per heavy atom. The van der Waals surface area contributed by atoms with Crippen LogP contribution in [0.3, 0.4) is 0 Å². The maximum absolute atomic E-state index is 14.2. The average molecular weight is 473 g/mol. The van der Waals surface area contributed by atoms with Gasteiger partial charge in [0.2, 0.25) is 5.91 Å². The van der Waals surface area contributed by atoms with Crippen molar-refractivity contribution in [3.05, 3.63) is 89.7 Å². The van der Waals surface area contributed by atoms with Crippen LogP contribution in [0.5, 0.6) is 0 Å². The lowest BCUT2D eigenvalue weighted by Gasteiger charge is -2.20. The molecule has 1 heterocycles. The van der Waals surface area contributed by atoms with Gasteiger partial charge in [0.15, 0.2) is 10.9 Å². The third-order valence-corrected chi connectivity index (χ3v) is 6.86. The van der Waals surface area contributed by atoms with Crippen LogP contribution in [0, 0.1) is 17.5 Å². The van der Waals surface area contributed by atoms with E-state index in [4.69, 9.17) is 0 Å². The molecule has 0 spiro atoms. The lowest BCUT2D eigenvalue weighted by molar-refractivity contribution is -0.118. The van der Waals surface area contributed by atoms with Crippen molar-refractivity contribution in [1.29, 1.82) is 0 Å². The molecule has 0 aliphatic carbocycles. The lowest BCUT2D eigenvalue weighted by Crippen LogP contribution is -2.30. The van der Waals surface area contributed by atoms with Gasteiger partial charge in [-0.3, -0.25) is 9.69 Å². The van der Waals surface area contributed by atoms with E-state index in [1.54, 1.807) is 23.9 Å². The van der Waals surface area contributed by atoms with E-state index in [-0.39, 0.29) is 30.2 Å². The van der Waals surface area contributed by atoms with Gasteiger partial charge in [0.05, 0.1) is 11.2 Å². The van der Waals surface area contributed by atoms with Gasteiger partial charge in [-0.15, -0.1) is 11.8 Å². The number of rotatable bonds is 8. The van der Waals surface area contributed by atoms with Gasteiger partial charge in [0, 0.05) is 17.4 Å². The standard InChI is InChI=1S/C24H19F3N2OS2/c25-17-8-10-19(11-9-17)31-12-4-7-22(30)29(15-16-5-2-1-3-6-16)24-28-23-20(27)13-18(26)14-21(23)32-24/h1-3,5-6,8-11,13-14H,4,7,12,15H2. The van der Waals surface area contributed by atoms with Crippen molar-refractivity contribution < 1.29 is 18.0 Å². The van der Waals surface area contributed by atoms with E-state index in [1.807, 2.05) is 30.3 Å². The number of hydrogen-bond donors (Lipinski definition) is 0. The third kappa shape index (κ3) is 5.49. The molecule has 8 heteroatoms. The summed E-state index contributed by atoms with van der Waals surface area (Å²) in [4.78, 5) is 19.9. The summed E-state index contributed by atoms with van der Waals surface area (Å²) >= 11 is 2.64. The zero-order chi connectivity index (χ0) is 22.5. The summed E-state index contributed by atoms with van der Waals surface area (Å²) in [5.74, 6) is -1.16. The minimum absolute atomic E-state index is 0.0594. The van der Waals surface area contributed by atoms with Crippen molar-refractivity contribution in [2.45, 2.75) is 24.3 Å². The van der Waals surface area contributed by atoms with E-state index >= 15 is 0 Å². The van der Waals surface area contributed by atoms with Crippen LogP contribution in [0.1, 0.15) is 18.4 Å². The van der Waals surface area contributed by atoms with Crippen molar-refractivity contribution in [2.24, 2.45) is 0 Å². The molecular weight excluding hydrogens is 453 g/mol. The number of anilines is 1. The van der Waals surface area contributed by atoms with E-state index in [1.165, 1.54) is 23.1 Å². The largest absolute Gasteiger partial charge is 0.284 e. The summed E-state index contributed by atoms with van der Waals surface area (Å²) in [6.45, 7) is 0.286. The maximum atomic E-state index is 14.2. The van der Waals surface area contributed by atoms with Gasteiger partial charge in [-0.1, -0.05) is 41.7 Å². The van der Waals surface area contributed by atoms with Crippen LogP contribution in [0.2, 0.25) is 0 Å². The third-order valence-electron chi connectivity index (χ3n) is 4.73.